The summed E-state index contributed by atoms with van der Waals surface area (Å²) < 4.78 is 1.08. The largest absolute Gasteiger partial charge is 0.494 e. The third-order valence-electron chi connectivity index (χ3n) is 5.31. The van der Waals surface area contributed by atoms with E-state index in [1.807, 2.05) is 18.2 Å². The molecule has 1 aliphatic heterocycles. The van der Waals surface area contributed by atoms with Gasteiger partial charge >= 0.3 is 5.69 Å². The molecule has 0 bridgehead atoms. The SMILES string of the molecule is CC[NH+]1CCc2c([nH]c3ccccc23)[C@@H]1c1c(O)n(C)c(=O)[nH]c1=O. The van der Waals surface area contributed by atoms with Gasteiger partial charge in [-0.2, -0.15) is 0 Å². The molecule has 2 aromatic heterocycles. The van der Waals surface area contributed by atoms with Crippen LogP contribution in [0.5, 0.6) is 5.88 Å². The Hall–Kier alpha value is -2.80. The van der Waals surface area contributed by atoms with Gasteiger partial charge in [0.05, 0.1) is 18.8 Å². The number of nitrogens with one attached hydrogen (secondary N) is 3. The summed E-state index contributed by atoms with van der Waals surface area (Å²) in [7, 11) is 1.46. The van der Waals surface area contributed by atoms with Gasteiger partial charge in [-0.25, -0.2) is 4.79 Å². The Morgan fingerprint density at radius 2 is 2.04 bits per heavy atom. The number of likely N-dealkylation sites (N-methyl/N-ethyl adjacent to an activating group) is 1. The van der Waals surface area contributed by atoms with Gasteiger partial charge in [0.1, 0.15) is 5.56 Å². The van der Waals surface area contributed by atoms with Gasteiger partial charge < -0.3 is 15.0 Å². The van der Waals surface area contributed by atoms with Crippen LogP contribution in [0.2, 0.25) is 0 Å². The average molecular weight is 341 g/mol. The van der Waals surface area contributed by atoms with Crippen molar-refractivity contribution in [1.29, 1.82) is 0 Å². The number of quaternary nitrogens is 1. The van der Waals surface area contributed by atoms with Crippen molar-refractivity contribution in [2.75, 3.05) is 13.1 Å². The lowest BCUT2D eigenvalue weighted by atomic mass is 9.93. The van der Waals surface area contributed by atoms with Crippen LogP contribution in [0.1, 0.15) is 29.8 Å². The third kappa shape index (κ3) is 2.23. The molecule has 1 aromatic carbocycles. The summed E-state index contributed by atoms with van der Waals surface area (Å²) in [6.45, 7) is 3.72. The maximum absolute atomic E-state index is 12.5. The summed E-state index contributed by atoms with van der Waals surface area (Å²) in [6.07, 6.45) is 0.906. The monoisotopic (exact) mass is 341 g/mol. The molecule has 4 N–H and O–H groups in total. The Morgan fingerprint density at radius 1 is 1.28 bits per heavy atom. The van der Waals surface area contributed by atoms with Crippen LogP contribution in [-0.4, -0.2) is 32.7 Å². The van der Waals surface area contributed by atoms with Gasteiger partial charge in [0.25, 0.3) is 5.56 Å². The predicted molar refractivity (Wildman–Crippen MR) is 94.2 cm³/mol. The molecule has 2 atom stereocenters. The molecule has 3 aromatic rings. The molecule has 1 unspecified atom stereocenters. The van der Waals surface area contributed by atoms with Crippen LogP contribution in [0, 0.1) is 0 Å². The zero-order valence-electron chi connectivity index (χ0n) is 14.2. The molecule has 3 heterocycles. The highest BCUT2D eigenvalue weighted by atomic mass is 16.3. The molecular formula is C18H21N4O3+. The minimum Gasteiger partial charge on any atom is -0.494 e. The van der Waals surface area contributed by atoms with Gasteiger partial charge in [0, 0.05) is 24.4 Å². The fourth-order valence-corrected chi connectivity index (χ4v) is 3.99. The van der Waals surface area contributed by atoms with Crippen molar-refractivity contribution in [1.82, 2.24) is 14.5 Å². The Bertz CT molecular complexity index is 1080. The lowest BCUT2D eigenvalue weighted by Gasteiger charge is -2.32. The lowest BCUT2D eigenvalue weighted by molar-refractivity contribution is -0.926. The van der Waals surface area contributed by atoms with Gasteiger partial charge in [0.2, 0.25) is 5.88 Å². The molecule has 0 saturated carbocycles. The Balaban J connectivity index is 2.03. The summed E-state index contributed by atoms with van der Waals surface area (Å²) in [5.41, 5.74) is 2.26. The second-order valence-electron chi connectivity index (χ2n) is 6.56. The Labute approximate surface area is 143 Å². The number of hydrogen-bond acceptors (Lipinski definition) is 3. The van der Waals surface area contributed by atoms with Crippen LogP contribution in [-0.2, 0) is 13.5 Å². The number of fused-ring (bicyclic) bond motifs is 3. The second-order valence-corrected chi connectivity index (χ2v) is 6.56. The maximum Gasteiger partial charge on any atom is 0.330 e. The van der Waals surface area contributed by atoms with Crippen molar-refractivity contribution in [2.45, 2.75) is 19.4 Å². The smallest absolute Gasteiger partial charge is 0.330 e. The topological polar surface area (TPSA) is 95.3 Å². The molecule has 1 aliphatic rings. The van der Waals surface area contributed by atoms with Crippen LogP contribution in [0.4, 0.5) is 0 Å². The van der Waals surface area contributed by atoms with E-state index in [4.69, 9.17) is 0 Å². The van der Waals surface area contributed by atoms with Crippen LogP contribution in [0.25, 0.3) is 10.9 Å². The number of hydrogen-bond donors (Lipinski definition) is 4. The highest BCUT2D eigenvalue weighted by Gasteiger charge is 2.38. The Morgan fingerprint density at radius 3 is 2.80 bits per heavy atom. The standard InChI is InChI=1S/C18H20N4O3/c1-3-22-9-8-11-10-6-4-5-7-12(10)19-14(11)15(22)13-16(23)20-18(25)21(2)17(13)24/h4-7,15,19,24H,3,8-9H2,1-2H3,(H,20,23,25)/p+1/t15-/m0/s1. The van der Waals surface area contributed by atoms with Gasteiger partial charge in [0.15, 0.2) is 6.04 Å². The fourth-order valence-electron chi connectivity index (χ4n) is 3.99. The normalized spacial score (nSPS) is 19.9. The van der Waals surface area contributed by atoms with Crippen molar-refractivity contribution in [3.05, 3.63) is 61.9 Å². The summed E-state index contributed by atoms with van der Waals surface area (Å²) >= 11 is 0. The summed E-state index contributed by atoms with van der Waals surface area (Å²) in [6, 6.07) is 7.73. The first-order valence-corrected chi connectivity index (χ1v) is 8.49. The lowest BCUT2D eigenvalue weighted by Crippen LogP contribution is -3.13. The van der Waals surface area contributed by atoms with Crippen LogP contribution in [0.15, 0.2) is 33.9 Å². The van der Waals surface area contributed by atoms with Crippen LogP contribution in [0.3, 0.4) is 0 Å². The fraction of sp³-hybridized carbons (Fsp3) is 0.333. The number of aromatic nitrogens is 3. The molecule has 0 fully saturated rings. The maximum atomic E-state index is 12.5. The van der Waals surface area contributed by atoms with Gasteiger partial charge in [-0.05, 0) is 18.6 Å². The molecule has 25 heavy (non-hydrogen) atoms. The van der Waals surface area contributed by atoms with E-state index < -0.39 is 11.2 Å². The van der Waals surface area contributed by atoms with E-state index in [0.29, 0.717) is 0 Å². The molecule has 4 rings (SSSR count). The van der Waals surface area contributed by atoms with Crippen LogP contribution < -0.4 is 16.1 Å². The third-order valence-corrected chi connectivity index (χ3v) is 5.31. The number of aromatic hydroxyl groups is 1. The quantitative estimate of drug-likeness (QED) is 0.520. The van der Waals surface area contributed by atoms with E-state index in [0.717, 1.165) is 40.7 Å². The summed E-state index contributed by atoms with van der Waals surface area (Å²) in [5.74, 6) is -0.267. The van der Waals surface area contributed by atoms with Gasteiger partial charge in [-0.3, -0.25) is 14.3 Å². The summed E-state index contributed by atoms with van der Waals surface area (Å²) in [4.78, 5) is 31.3. The van der Waals surface area contributed by atoms with Gasteiger partial charge in [-0.15, -0.1) is 0 Å². The summed E-state index contributed by atoms with van der Waals surface area (Å²) in [5, 5.41) is 11.7. The molecule has 7 nitrogen and oxygen atoms in total. The van der Waals surface area contributed by atoms with E-state index in [-0.39, 0.29) is 17.5 Å². The van der Waals surface area contributed by atoms with Crippen molar-refractivity contribution in [3.63, 3.8) is 0 Å². The molecule has 130 valence electrons. The van der Waals surface area contributed by atoms with Crippen molar-refractivity contribution < 1.29 is 10.0 Å². The molecule has 0 radical (unpaired) electrons. The predicted octanol–water partition coefficient (Wildman–Crippen LogP) is -0.189. The average Bonchev–Trinajstić information content (AvgIpc) is 2.99. The highest BCUT2D eigenvalue weighted by molar-refractivity contribution is 5.85. The first-order valence-electron chi connectivity index (χ1n) is 8.49. The van der Waals surface area contributed by atoms with E-state index >= 15 is 0 Å². The van der Waals surface area contributed by atoms with Crippen molar-refractivity contribution in [3.8, 4) is 5.88 Å². The molecule has 0 aliphatic carbocycles. The molecule has 7 heteroatoms. The first kappa shape index (κ1) is 15.7. The zero-order valence-corrected chi connectivity index (χ0v) is 14.2. The number of rotatable bonds is 2. The minimum absolute atomic E-state index is 0.242. The zero-order chi connectivity index (χ0) is 17.7. The number of nitrogens with zero attached hydrogens (tertiary/aromatic N) is 1. The van der Waals surface area contributed by atoms with E-state index in [1.165, 1.54) is 17.5 Å². The molecular weight excluding hydrogens is 320 g/mol. The van der Waals surface area contributed by atoms with E-state index in [1.54, 1.807) is 0 Å². The minimum atomic E-state index is -0.614. The van der Waals surface area contributed by atoms with Crippen molar-refractivity contribution >= 4 is 10.9 Å². The highest BCUT2D eigenvalue weighted by Crippen LogP contribution is 2.32. The number of benzene rings is 1. The second kappa shape index (κ2) is 5.63. The van der Waals surface area contributed by atoms with Crippen LogP contribution >= 0.6 is 0 Å². The molecule has 0 saturated heterocycles. The molecule has 0 amide bonds. The van der Waals surface area contributed by atoms with E-state index in [2.05, 4.69) is 23.0 Å². The number of para-hydroxylation sites is 1. The first-order chi connectivity index (χ1) is 12.0. The Kier molecular flexibility index (Phi) is 3.54. The number of aromatic amines is 2. The van der Waals surface area contributed by atoms with E-state index in [9.17, 15) is 14.7 Å². The number of H-pyrrole nitrogens is 2. The molecule has 0 spiro atoms. The van der Waals surface area contributed by atoms with Crippen molar-refractivity contribution in [2.24, 2.45) is 7.05 Å². The van der Waals surface area contributed by atoms with Gasteiger partial charge in [-0.1, -0.05) is 18.2 Å².